The van der Waals surface area contributed by atoms with Gasteiger partial charge >= 0.3 is 12.4 Å². The lowest BCUT2D eigenvalue weighted by Gasteiger charge is -2.29. The van der Waals surface area contributed by atoms with Gasteiger partial charge in [0.1, 0.15) is 17.0 Å². The predicted molar refractivity (Wildman–Crippen MR) is 186 cm³/mol. The van der Waals surface area contributed by atoms with Crippen molar-refractivity contribution in [2.24, 2.45) is 0 Å². The molecule has 0 fully saturated rings. The maximum Gasteiger partial charge on any atom is 0.430 e. The predicted octanol–water partition coefficient (Wildman–Crippen LogP) is 7.56. The first-order valence-electron chi connectivity index (χ1n) is 17.5. The van der Waals surface area contributed by atoms with Gasteiger partial charge in [0, 0.05) is 23.1 Å². The Morgan fingerprint density at radius 1 is 0.902 bits per heavy atom. The van der Waals surface area contributed by atoms with Crippen molar-refractivity contribution in [2.75, 3.05) is 25.0 Å². The van der Waals surface area contributed by atoms with E-state index >= 15 is 0 Å². The number of H-pyrrole nitrogens is 1. The first kappa shape index (κ1) is 41.7. The van der Waals surface area contributed by atoms with Gasteiger partial charge in [0.2, 0.25) is 5.13 Å². The SMILES string of the molecule is CCCCCCC[NH+](CCCCCCC)C(CNc1nnc(-c2ccc3n[nH]c(C)c3c2)s1)Cc1cccc(C(F)(F)F)c1.O=C([O-])C(F)(F)F. The van der Waals surface area contributed by atoms with E-state index in [9.17, 15) is 26.3 Å². The summed E-state index contributed by atoms with van der Waals surface area (Å²) in [7, 11) is 0. The summed E-state index contributed by atoms with van der Waals surface area (Å²) in [6.45, 7) is 9.10. The number of carboxylic acids is 1. The number of fused-ring (bicyclic) bond motifs is 1. The van der Waals surface area contributed by atoms with E-state index in [4.69, 9.17) is 9.90 Å². The van der Waals surface area contributed by atoms with Gasteiger partial charge in [-0.3, -0.25) is 5.10 Å². The molecule has 0 aliphatic heterocycles. The summed E-state index contributed by atoms with van der Waals surface area (Å²) in [6, 6.07) is 12.0. The number of nitrogens with zero attached hydrogens (tertiary/aromatic N) is 3. The Kier molecular flexibility index (Phi) is 16.6. The fourth-order valence-corrected chi connectivity index (χ4v) is 6.60. The maximum atomic E-state index is 13.6. The van der Waals surface area contributed by atoms with Crippen LogP contribution in [0.15, 0.2) is 42.5 Å². The molecule has 15 heteroatoms. The second-order valence-electron chi connectivity index (χ2n) is 12.7. The van der Waals surface area contributed by atoms with Gasteiger partial charge in [0.05, 0.1) is 30.7 Å². The number of aliphatic carboxylic acids is 1. The molecule has 51 heavy (non-hydrogen) atoms. The second-order valence-corrected chi connectivity index (χ2v) is 13.7. The van der Waals surface area contributed by atoms with Crippen molar-refractivity contribution in [1.29, 1.82) is 0 Å². The van der Waals surface area contributed by atoms with Crippen molar-refractivity contribution in [2.45, 2.75) is 110 Å². The molecule has 0 saturated carbocycles. The van der Waals surface area contributed by atoms with Crippen molar-refractivity contribution in [1.82, 2.24) is 20.4 Å². The molecule has 3 N–H and O–H groups in total. The van der Waals surface area contributed by atoms with Crippen molar-refractivity contribution >= 4 is 33.3 Å². The smallest absolute Gasteiger partial charge is 0.430 e. The number of alkyl halides is 6. The summed E-state index contributed by atoms with van der Waals surface area (Å²) in [5.74, 6) is -3.01. The number of carbonyl (C=O) groups excluding carboxylic acids is 1. The van der Waals surface area contributed by atoms with Crippen LogP contribution in [0.1, 0.15) is 94.9 Å². The van der Waals surface area contributed by atoms with Crippen LogP contribution in [0, 0.1) is 6.92 Å². The highest BCUT2D eigenvalue weighted by atomic mass is 32.1. The van der Waals surface area contributed by atoms with Crippen LogP contribution in [0.3, 0.4) is 0 Å². The number of aromatic amines is 1. The summed E-state index contributed by atoms with van der Waals surface area (Å²) in [4.78, 5) is 10.3. The van der Waals surface area contributed by atoms with Crippen LogP contribution in [0.25, 0.3) is 21.5 Å². The standard InChI is InChI=1S/C34H47F3N6S.C2HF3O2/c1-4-6-8-10-12-19-43(20-13-11-9-7-5-2)29(22-26-15-14-16-28(21-26)34(35,36)37)24-38-33-42-41-32(44-33)27-17-18-31-30(23-27)25(3)39-40-31;3-2(4,5)1(6)7/h14-18,21,23,29H,4-13,19-20,22,24H2,1-3H3,(H,38,42)(H,39,40);(H,6,7). The molecule has 1 atom stereocenters. The molecule has 0 saturated heterocycles. The third kappa shape index (κ3) is 14.1. The Balaban J connectivity index is 0.000000908. The summed E-state index contributed by atoms with van der Waals surface area (Å²) >= 11 is 1.50. The molecule has 0 spiro atoms. The van der Waals surface area contributed by atoms with Crippen molar-refractivity contribution in [3.8, 4) is 10.6 Å². The van der Waals surface area contributed by atoms with E-state index in [0.717, 1.165) is 69.9 Å². The zero-order valence-corrected chi connectivity index (χ0v) is 30.2. The lowest BCUT2D eigenvalue weighted by Crippen LogP contribution is -3.16. The zero-order valence-electron chi connectivity index (χ0n) is 29.4. The topological polar surface area (TPSA) is 111 Å². The highest BCUT2D eigenvalue weighted by molar-refractivity contribution is 7.18. The number of carboxylic acid groups (broad SMARTS) is 1. The number of benzene rings is 2. The lowest BCUT2D eigenvalue weighted by atomic mass is 10.0. The third-order valence-corrected chi connectivity index (χ3v) is 9.59. The minimum Gasteiger partial charge on any atom is -0.542 e. The molecule has 0 bridgehead atoms. The number of aryl methyl sites for hydroxylation is 1. The van der Waals surface area contributed by atoms with Gasteiger partial charge in [0.25, 0.3) is 0 Å². The number of quaternary nitrogens is 1. The Morgan fingerprint density at radius 3 is 2.12 bits per heavy atom. The van der Waals surface area contributed by atoms with E-state index in [-0.39, 0.29) is 6.04 Å². The molecule has 0 aliphatic carbocycles. The average Bonchev–Trinajstić information content (AvgIpc) is 3.71. The van der Waals surface area contributed by atoms with Crippen LogP contribution in [-0.2, 0) is 17.4 Å². The molecule has 4 rings (SSSR count). The molecule has 0 aliphatic rings. The van der Waals surface area contributed by atoms with Gasteiger partial charge in [-0.2, -0.15) is 31.4 Å². The number of rotatable bonds is 19. The number of aromatic nitrogens is 4. The van der Waals surface area contributed by atoms with Crippen LogP contribution in [0.4, 0.5) is 31.5 Å². The third-order valence-electron chi connectivity index (χ3n) is 8.66. The fourth-order valence-electron chi connectivity index (χ4n) is 5.86. The Morgan fingerprint density at radius 2 is 1.53 bits per heavy atom. The Bertz CT molecular complexity index is 1610. The number of hydrogen-bond acceptors (Lipinski definition) is 7. The van der Waals surface area contributed by atoms with Crippen molar-refractivity contribution < 1.29 is 41.1 Å². The quantitative estimate of drug-likeness (QED) is 0.0676. The summed E-state index contributed by atoms with van der Waals surface area (Å²) in [5.41, 5.74) is 3.05. The summed E-state index contributed by atoms with van der Waals surface area (Å²) in [5, 5.41) is 31.1. The first-order chi connectivity index (χ1) is 24.2. The first-order valence-corrected chi connectivity index (χ1v) is 18.4. The van der Waals surface area contributed by atoms with Crippen molar-refractivity contribution in [3.05, 3.63) is 59.3 Å². The van der Waals surface area contributed by atoms with Gasteiger partial charge in [-0.15, -0.1) is 10.2 Å². The number of hydrogen-bond donors (Lipinski definition) is 3. The largest absolute Gasteiger partial charge is 0.542 e. The molecule has 0 amide bonds. The molecule has 0 radical (unpaired) electrons. The number of halogens is 6. The van der Waals surface area contributed by atoms with Gasteiger partial charge < -0.3 is 20.1 Å². The van der Waals surface area contributed by atoms with E-state index in [1.54, 1.807) is 0 Å². The molecule has 282 valence electrons. The molecule has 2 heterocycles. The van der Waals surface area contributed by atoms with E-state index in [0.29, 0.717) is 13.0 Å². The maximum absolute atomic E-state index is 13.6. The van der Waals surface area contributed by atoms with Crippen molar-refractivity contribution in [3.63, 3.8) is 0 Å². The summed E-state index contributed by atoms with van der Waals surface area (Å²) < 4.78 is 72.2. The van der Waals surface area contributed by atoms with Gasteiger partial charge in [-0.25, -0.2) is 0 Å². The van der Waals surface area contributed by atoms with Crippen LogP contribution < -0.4 is 15.3 Å². The van der Waals surface area contributed by atoms with Crippen LogP contribution in [-0.4, -0.2) is 58.2 Å². The highest BCUT2D eigenvalue weighted by Crippen LogP contribution is 2.31. The monoisotopic (exact) mass is 742 g/mol. The second kappa shape index (κ2) is 20.4. The fraction of sp³-hybridized carbons (Fsp3) is 0.556. The van der Waals surface area contributed by atoms with E-state index in [2.05, 4.69) is 45.6 Å². The number of nitrogens with one attached hydrogen (secondary N) is 3. The van der Waals surface area contributed by atoms with Gasteiger partial charge in [0.15, 0.2) is 0 Å². The summed E-state index contributed by atoms with van der Waals surface area (Å²) in [6.07, 6.45) is 3.02. The normalized spacial score (nSPS) is 12.6. The zero-order chi connectivity index (χ0) is 37.4. The molecule has 2 aromatic carbocycles. The molecule has 1 unspecified atom stereocenters. The van der Waals surface area contributed by atoms with Gasteiger partial charge in [-0.05, 0) is 62.4 Å². The van der Waals surface area contributed by atoms with E-state index < -0.39 is 23.9 Å². The minimum atomic E-state index is -5.19. The van der Waals surface area contributed by atoms with E-state index in [1.165, 1.54) is 79.7 Å². The number of carbonyl (C=O) groups is 1. The van der Waals surface area contributed by atoms with Crippen LogP contribution in [0.2, 0.25) is 0 Å². The molecular weight excluding hydrogens is 694 g/mol. The molecule has 8 nitrogen and oxygen atoms in total. The minimum absolute atomic E-state index is 0.105. The lowest BCUT2D eigenvalue weighted by molar-refractivity contribution is -0.924. The highest BCUT2D eigenvalue weighted by Gasteiger charge is 2.31. The number of anilines is 1. The molecule has 4 aromatic rings. The number of unbranched alkanes of at least 4 members (excludes halogenated alkanes) is 8. The Labute approximate surface area is 299 Å². The molecule has 2 aromatic heterocycles. The molecular formula is C36H48F6N6O2S. The average molecular weight is 743 g/mol. The van der Waals surface area contributed by atoms with Gasteiger partial charge in [-0.1, -0.05) is 81.9 Å². The van der Waals surface area contributed by atoms with Crippen LogP contribution >= 0.6 is 11.3 Å². The van der Waals surface area contributed by atoms with E-state index in [1.807, 2.05) is 25.1 Å². The van der Waals surface area contributed by atoms with Crippen LogP contribution in [0.5, 0.6) is 0 Å². The Hall–Kier alpha value is -3.72.